The van der Waals surface area contributed by atoms with Gasteiger partial charge >= 0.3 is 0 Å². The molecule has 2 aromatic rings. The van der Waals surface area contributed by atoms with Crippen molar-refractivity contribution < 1.29 is 19.7 Å². The zero-order chi connectivity index (χ0) is 26.3. The molecule has 208 valence electrons. The average molecular weight is 518 g/mol. The number of ether oxygens (including phenoxy) is 2. The molecule has 3 heterocycles. The van der Waals surface area contributed by atoms with Crippen LogP contribution in [0, 0.1) is 0 Å². The molecule has 0 radical (unpaired) electrons. The van der Waals surface area contributed by atoms with Gasteiger partial charge in [-0.05, 0) is 32.1 Å². The Kier molecular flexibility index (Phi) is 13.3. The number of unbranched alkanes of at least 4 members (excludes halogenated alkanes) is 12. The van der Waals surface area contributed by atoms with E-state index in [4.69, 9.17) is 15.2 Å². The number of aliphatic hydroxyl groups is 2. The summed E-state index contributed by atoms with van der Waals surface area (Å²) in [7, 11) is 0. The smallest absolute Gasteiger partial charge is 0.167 e. The largest absolute Gasteiger partial charge is 0.387 e. The van der Waals surface area contributed by atoms with Crippen LogP contribution in [0.4, 0.5) is 5.82 Å². The molecule has 3 rings (SSSR count). The zero-order valence-electron chi connectivity index (χ0n) is 22.5. The second-order valence-electron chi connectivity index (χ2n) is 10.1. The lowest BCUT2D eigenvalue weighted by atomic mass is 10.1. The van der Waals surface area contributed by atoms with Crippen LogP contribution in [0.2, 0.25) is 0 Å². The maximum Gasteiger partial charge on any atom is 0.167 e. The van der Waals surface area contributed by atoms with Gasteiger partial charge in [-0.1, -0.05) is 76.9 Å². The lowest BCUT2D eigenvalue weighted by Crippen LogP contribution is -2.33. The fourth-order valence-electron chi connectivity index (χ4n) is 4.80. The quantitative estimate of drug-likeness (QED) is 0.174. The molecule has 1 saturated heterocycles. The Bertz CT molecular complexity index is 921. The topological polar surface area (TPSA) is 129 Å². The minimum Gasteiger partial charge on any atom is -0.387 e. The summed E-state index contributed by atoms with van der Waals surface area (Å²) in [6.45, 7) is 3.11. The molecule has 37 heavy (non-hydrogen) atoms. The summed E-state index contributed by atoms with van der Waals surface area (Å²) in [5.41, 5.74) is 6.73. The number of fused-ring (bicyclic) bond motifs is 1. The van der Waals surface area contributed by atoms with E-state index in [1.54, 1.807) is 4.57 Å². The molecule has 0 spiro atoms. The first-order valence-corrected chi connectivity index (χ1v) is 14.3. The predicted octanol–water partition coefficient (Wildman–Crippen LogP) is 5.08. The highest BCUT2D eigenvalue weighted by Crippen LogP contribution is 2.32. The van der Waals surface area contributed by atoms with Crippen LogP contribution >= 0.6 is 0 Å². The first kappa shape index (κ1) is 29.5. The Balaban J connectivity index is 1.19. The van der Waals surface area contributed by atoms with Crippen LogP contribution in [-0.2, 0) is 9.47 Å². The van der Waals surface area contributed by atoms with Crippen molar-refractivity contribution in [1.82, 2.24) is 19.5 Å². The Morgan fingerprint density at radius 1 is 0.892 bits per heavy atom. The Hall–Kier alpha value is -2.07. The van der Waals surface area contributed by atoms with E-state index in [1.807, 2.05) is 0 Å². The van der Waals surface area contributed by atoms with Gasteiger partial charge in [-0.15, -0.1) is 0 Å². The number of rotatable bonds is 19. The van der Waals surface area contributed by atoms with Gasteiger partial charge < -0.3 is 25.4 Å². The molecule has 1 aliphatic rings. The van der Waals surface area contributed by atoms with Gasteiger partial charge in [0.2, 0.25) is 0 Å². The van der Waals surface area contributed by atoms with Crippen LogP contribution in [0.3, 0.4) is 0 Å². The van der Waals surface area contributed by atoms with Crippen molar-refractivity contribution >= 4 is 17.0 Å². The third-order valence-corrected chi connectivity index (χ3v) is 7.08. The molecule has 9 heteroatoms. The van der Waals surface area contributed by atoms with Gasteiger partial charge in [0.15, 0.2) is 17.7 Å². The van der Waals surface area contributed by atoms with Crippen molar-refractivity contribution in [3.05, 3.63) is 24.8 Å². The molecule has 1 fully saturated rings. The van der Waals surface area contributed by atoms with Crippen LogP contribution < -0.4 is 5.73 Å². The fraction of sp³-hybridized carbons (Fsp3) is 0.750. The van der Waals surface area contributed by atoms with Crippen LogP contribution in [0.25, 0.3) is 11.2 Å². The van der Waals surface area contributed by atoms with Gasteiger partial charge in [-0.3, -0.25) is 4.57 Å². The number of nitrogen functional groups attached to an aromatic ring is 1. The van der Waals surface area contributed by atoms with Gasteiger partial charge in [-0.25, -0.2) is 15.0 Å². The van der Waals surface area contributed by atoms with Gasteiger partial charge in [0.1, 0.15) is 30.2 Å². The first-order chi connectivity index (χ1) is 18.1. The van der Waals surface area contributed by atoms with Gasteiger partial charge in [-0.2, -0.15) is 0 Å². The number of allylic oxidation sites excluding steroid dienone is 2. The second kappa shape index (κ2) is 16.7. The maximum absolute atomic E-state index is 10.5. The number of imidazole rings is 1. The summed E-state index contributed by atoms with van der Waals surface area (Å²) in [5, 5.41) is 21.0. The zero-order valence-corrected chi connectivity index (χ0v) is 22.5. The molecule has 0 aromatic carbocycles. The normalized spacial score (nSPS) is 22.0. The van der Waals surface area contributed by atoms with E-state index >= 15 is 0 Å². The Morgan fingerprint density at radius 3 is 2.24 bits per heavy atom. The molecule has 0 aliphatic carbocycles. The van der Waals surface area contributed by atoms with Crippen LogP contribution in [0.5, 0.6) is 0 Å². The highest BCUT2D eigenvalue weighted by molar-refractivity contribution is 5.81. The molecule has 0 unspecified atom stereocenters. The lowest BCUT2D eigenvalue weighted by Gasteiger charge is -2.16. The number of aromatic nitrogens is 4. The average Bonchev–Trinajstić information content (AvgIpc) is 3.45. The summed E-state index contributed by atoms with van der Waals surface area (Å²) in [6, 6.07) is 0. The van der Waals surface area contributed by atoms with E-state index in [2.05, 4.69) is 34.0 Å². The van der Waals surface area contributed by atoms with Gasteiger partial charge in [0.25, 0.3) is 0 Å². The van der Waals surface area contributed by atoms with Crippen molar-refractivity contribution in [3.63, 3.8) is 0 Å². The number of nitrogens with zero attached hydrogens (tertiary/aromatic N) is 4. The molecular formula is C28H47N5O4. The third kappa shape index (κ3) is 9.32. The highest BCUT2D eigenvalue weighted by Gasteiger charge is 2.44. The van der Waals surface area contributed by atoms with Crippen LogP contribution in [0.1, 0.15) is 103 Å². The SMILES string of the molecule is CCCCCCCC/C=C\CCCCCCCCOC[C@H]1O[C@@H](n2cnc3c(N)ncnc32)[C@H](O)[C@@H]1O. The molecule has 2 aromatic heterocycles. The monoisotopic (exact) mass is 517 g/mol. The maximum atomic E-state index is 10.5. The minimum absolute atomic E-state index is 0.226. The fourth-order valence-corrected chi connectivity index (χ4v) is 4.80. The highest BCUT2D eigenvalue weighted by atomic mass is 16.6. The van der Waals surface area contributed by atoms with E-state index in [1.165, 1.54) is 89.7 Å². The van der Waals surface area contributed by atoms with Crippen molar-refractivity contribution in [2.75, 3.05) is 18.9 Å². The Morgan fingerprint density at radius 2 is 1.54 bits per heavy atom. The standard InChI is InChI=1S/C28H47N5O4/c1-2-3-4-5-6-7-8-9-10-11-12-13-14-15-16-17-18-36-19-22-24(34)25(35)28(37-22)33-21-32-23-26(29)30-20-31-27(23)33/h9-10,20-22,24-25,28,34-35H,2-8,11-19H2,1H3,(H2,29,30,31)/b10-9-/t22-,24-,25-,28-/m1/s1. The van der Waals surface area contributed by atoms with Crippen molar-refractivity contribution in [3.8, 4) is 0 Å². The summed E-state index contributed by atoms with van der Waals surface area (Å²) >= 11 is 0. The second-order valence-corrected chi connectivity index (χ2v) is 10.1. The number of aliphatic hydroxyl groups excluding tert-OH is 2. The molecular weight excluding hydrogens is 470 g/mol. The van der Waals surface area contributed by atoms with Crippen molar-refractivity contribution in [1.29, 1.82) is 0 Å². The molecule has 4 N–H and O–H groups in total. The van der Waals surface area contributed by atoms with Crippen molar-refractivity contribution in [2.24, 2.45) is 0 Å². The van der Waals surface area contributed by atoms with E-state index < -0.39 is 24.5 Å². The lowest BCUT2D eigenvalue weighted by molar-refractivity contribution is -0.0657. The van der Waals surface area contributed by atoms with Crippen molar-refractivity contribution in [2.45, 2.75) is 121 Å². The molecule has 1 aliphatic heterocycles. The minimum atomic E-state index is -1.12. The molecule has 0 saturated carbocycles. The first-order valence-electron chi connectivity index (χ1n) is 14.3. The van der Waals surface area contributed by atoms with E-state index in [9.17, 15) is 10.2 Å². The predicted molar refractivity (Wildman–Crippen MR) is 146 cm³/mol. The van der Waals surface area contributed by atoms with E-state index in [0.29, 0.717) is 17.8 Å². The number of nitrogens with two attached hydrogens (primary N) is 1. The molecule has 9 nitrogen and oxygen atoms in total. The molecule has 0 amide bonds. The summed E-state index contributed by atoms with van der Waals surface area (Å²) in [5.74, 6) is 0.257. The van der Waals surface area contributed by atoms with E-state index in [0.717, 1.165) is 12.8 Å². The van der Waals surface area contributed by atoms with Crippen LogP contribution in [-0.4, -0.2) is 61.3 Å². The molecule has 4 atom stereocenters. The summed E-state index contributed by atoms with van der Waals surface area (Å²) in [6.07, 6.45) is 21.7. The number of anilines is 1. The Labute approximate surface area is 221 Å². The molecule has 0 bridgehead atoms. The van der Waals surface area contributed by atoms with E-state index in [-0.39, 0.29) is 12.4 Å². The van der Waals surface area contributed by atoms with Crippen LogP contribution in [0.15, 0.2) is 24.8 Å². The number of hydrogen-bond acceptors (Lipinski definition) is 8. The summed E-state index contributed by atoms with van der Waals surface area (Å²) < 4.78 is 13.2. The van der Waals surface area contributed by atoms with Gasteiger partial charge in [0, 0.05) is 6.61 Å². The van der Waals surface area contributed by atoms with Gasteiger partial charge in [0.05, 0.1) is 12.9 Å². The summed E-state index contributed by atoms with van der Waals surface area (Å²) in [4.78, 5) is 12.3. The number of hydrogen-bond donors (Lipinski definition) is 3. The third-order valence-electron chi connectivity index (χ3n) is 7.08.